The van der Waals surface area contributed by atoms with E-state index in [-0.39, 0.29) is 18.4 Å². The molecule has 0 aromatic heterocycles. The maximum atomic E-state index is 6.15. The van der Waals surface area contributed by atoms with Crippen molar-refractivity contribution < 1.29 is 0 Å². The van der Waals surface area contributed by atoms with Gasteiger partial charge < -0.3 is 22.9 Å². The van der Waals surface area contributed by atoms with Gasteiger partial charge in [0.25, 0.3) is 0 Å². The zero-order valence-electron chi connectivity index (χ0n) is 9.84. The molecule has 1 atom stereocenters. The third-order valence-corrected chi connectivity index (χ3v) is 2.65. The lowest BCUT2D eigenvalue weighted by Gasteiger charge is -2.14. The number of halogens is 1. The number of benzene rings is 2. The van der Waals surface area contributed by atoms with Crippen LogP contribution in [0, 0.1) is 0 Å². The number of anilines is 3. The first-order chi connectivity index (χ1) is 8.06. The highest BCUT2D eigenvalue weighted by Gasteiger charge is 2.09. The van der Waals surface area contributed by atoms with E-state index in [1.807, 2.05) is 36.4 Å². The zero-order chi connectivity index (χ0) is 12.4. The minimum Gasteiger partial charge on any atom is -0.399 e. The molecule has 0 heterocycles. The first-order valence-corrected chi connectivity index (χ1v) is 5.33. The highest BCUT2D eigenvalue weighted by molar-refractivity contribution is 5.85. The summed E-state index contributed by atoms with van der Waals surface area (Å²) in [5.74, 6) is 0. The summed E-state index contributed by atoms with van der Waals surface area (Å²) in [6.45, 7) is 0. The molecule has 0 saturated heterocycles. The first-order valence-electron chi connectivity index (χ1n) is 5.33. The van der Waals surface area contributed by atoms with E-state index in [4.69, 9.17) is 22.9 Å². The molecule has 0 spiro atoms. The lowest BCUT2D eigenvalue weighted by molar-refractivity contribution is 0.873. The predicted molar refractivity (Wildman–Crippen MR) is 79.4 cm³/mol. The molecular formula is C13H17ClN4. The number of nitrogen functional groups attached to an aromatic ring is 3. The van der Waals surface area contributed by atoms with Crippen LogP contribution in [0.4, 0.5) is 17.1 Å². The Morgan fingerprint density at radius 2 is 1.17 bits per heavy atom. The van der Waals surface area contributed by atoms with Crippen LogP contribution in [0.25, 0.3) is 0 Å². The van der Waals surface area contributed by atoms with Crippen LogP contribution in [0.5, 0.6) is 0 Å². The van der Waals surface area contributed by atoms with Gasteiger partial charge in [0.1, 0.15) is 0 Å². The lowest BCUT2D eigenvalue weighted by Crippen LogP contribution is -2.12. The van der Waals surface area contributed by atoms with Crippen molar-refractivity contribution >= 4 is 29.5 Å². The van der Waals surface area contributed by atoms with E-state index < -0.39 is 0 Å². The fraction of sp³-hybridized carbons (Fsp3) is 0.0769. The topological polar surface area (TPSA) is 104 Å². The summed E-state index contributed by atoms with van der Waals surface area (Å²) >= 11 is 0. The Labute approximate surface area is 112 Å². The molecule has 1 unspecified atom stereocenters. The molecule has 0 bridgehead atoms. The van der Waals surface area contributed by atoms with Crippen molar-refractivity contribution in [1.29, 1.82) is 0 Å². The zero-order valence-corrected chi connectivity index (χ0v) is 10.7. The predicted octanol–water partition coefficient (Wildman–Crippen LogP) is 1.90. The van der Waals surface area contributed by atoms with Crippen molar-refractivity contribution in [2.45, 2.75) is 6.04 Å². The van der Waals surface area contributed by atoms with Crippen molar-refractivity contribution in [2.75, 3.05) is 17.2 Å². The van der Waals surface area contributed by atoms with E-state index >= 15 is 0 Å². The number of nitrogens with two attached hydrogens (primary N) is 4. The first kappa shape index (κ1) is 14.2. The molecule has 2 aromatic rings. The molecule has 0 saturated carbocycles. The summed E-state index contributed by atoms with van der Waals surface area (Å²) in [5, 5.41) is 0. The highest BCUT2D eigenvalue weighted by Crippen LogP contribution is 2.24. The molecule has 5 heteroatoms. The molecule has 0 aliphatic rings. The Hall–Kier alpha value is -1.91. The second-order valence-corrected chi connectivity index (χ2v) is 4.08. The third kappa shape index (κ3) is 3.06. The SMILES string of the molecule is Cl.Nc1ccc(C(N)c2cc(N)cc(N)c2)cc1. The van der Waals surface area contributed by atoms with Crippen LogP contribution in [0.3, 0.4) is 0 Å². The molecule has 0 radical (unpaired) electrons. The second-order valence-electron chi connectivity index (χ2n) is 4.08. The van der Waals surface area contributed by atoms with Crippen molar-refractivity contribution in [2.24, 2.45) is 5.73 Å². The molecule has 4 nitrogen and oxygen atoms in total. The smallest absolute Gasteiger partial charge is 0.0553 e. The summed E-state index contributed by atoms with van der Waals surface area (Å²) in [6.07, 6.45) is 0. The molecule has 18 heavy (non-hydrogen) atoms. The van der Waals surface area contributed by atoms with E-state index in [1.165, 1.54) is 0 Å². The van der Waals surface area contributed by atoms with E-state index in [0.717, 1.165) is 11.1 Å². The standard InChI is InChI=1S/C13H16N4.ClH/c14-10-3-1-8(2-4-10)13(17)9-5-11(15)7-12(16)6-9;/h1-7,13H,14-17H2;1H. The molecule has 96 valence electrons. The molecule has 0 amide bonds. The van der Waals surface area contributed by atoms with Gasteiger partial charge in [0.05, 0.1) is 6.04 Å². The van der Waals surface area contributed by atoms with E-state index in [0.29, 0.717) is 17.1 Å². The number of hydrogen-bond donors (Lipinski definition) is 4. The van der Waals surface area contributed by atoms with Crippen molar-refractivity contribution in [3.63, 3.8) is 0 Å². The van der Waals surface area contributed by atoms with Crippen LogP contribution in [0.2, 0.25) is 0 Å². The Balaban J connectivity index is 0.00000162. The average molecular weight is 265 g/mol. The quantitative estimate of drug-likeness (QED) is 0.622. The molecule has 2 rings (SSSR count). The van der Waals surface area contributed by atoms with Crippen LogP contribution in [-0.2, 0) is 0 Å². The maximum absolute atomic E-state index is 6.15. The molecule has 0 aliphatic heterocycles. The van der Waals surface area contributed by atoms with Crippen molar-refractivity contribution in [3.8, 4) is 0 Å². The van der Waals surface area contributed by atoms with Gasteiger partial charge in [0.2, 0.25) is 0 Å². The molecule has 0 fully saturated rings. The summed E-state index contributed by atoms with van der Waals surface area (Å²) in [6, 6.07) is 12.6. The third-order valence-electron chi connectivity index (χ3n) is 2.65. The van der Waals surface area contributed by atoms with Gasteiger partial charge in [-0.1, -0.05) is 12.1 Å². The van der Waals surface area contributed by atoms with Gasteiger partial charge in [-0.3, -0.25) is 0 Å². The van der Waals surface area contributed by atoms with Crippen molar-refractivity contribution in [1.82, 2.24) is 0 Å². The fourth-order valence-corrected chi connectivity index (χ4v) is 1.78. The van der Waals surface area contributed by atoms with E-state index in [9.17, 15) is 0 Å². The minimum absolute atomic E-state index is 0. The van der Waals surface area contributed by atoms with Gasteiger partial charge in [-0.05, 0) is 41.5 Å². The molecule has 0 aliphatic carbocycles. The monoisotopic (exact) mass is 264 g/mol. The maximum Gasteiger partial charge on any atom is 0.0553 e. The Bertz CT molecular complexity index is 505. The van der Waals surface area contributed by atoms with Crippen molar-refractivity contribution in [3.05, 3.63) is 53.6 Å². The van der Waals surface area contributed by atoms with E-state index in [1.54, 1.807) is 6.07 Å². The van der Waals surface area contributed by atoms with Crippen LogP contribution >= 0.6 is 12.4 Å². The van der Waals surface area contributed by atoms with Gasteiger partial charge in [0, 0.05) is 17.1 Å². The van der Waals surface area contributed by atoms with Gasteiger partial charge in [-0.15, -0.1) is 12.4 Å². The average Bonchev–Trinajstić information content (AvgIpc) is 2.28. The number of hydrogen-bond acceptors (Lipinski definition) is 4. The largest absolute Gasteiger partial charge is 0.399 e. The van der Waals surface area contributed by atoms with Crippen LogP contribution < -0.4 is 22.9 Å². The molecule has 8 N–H and O–H groups in total. The van der Waals surface area contributed by atoms with Gasteiger partial charge in [-0.2, -0.15) is 0 Å². The van der Waals surface area contributed by atoms with Crippen LogP contribution in [0.1, 0.15) is 17.2 Å². The molecular weight excluding hydrogens is 248 g/mol. The Morgan fingerprint density at radius 1 is 0.667 bits per heavy atom. The van der Waals surface area contributed by atoms with E-state index in [2.05, 4.69) is 0 Å². The summed E-state index contributed by atoms with van der Waals surface area (Å²) < 4.78 is 0. The van der Waals surface area contributed by atoms with Gasteiger partial charge in [-0.25, -0.2) is 0 Å². The summed E-state index contributed by atoms with van der Waals surface area (Å²) in [5.41, 5.74) is 27.1. The summed E-state index contributed by atoms with van der Waals surface area (Å²) in [4.78, 5) is 0. The Morgan fingerprint density at radius 3 is 1.67 bits per heavy atom. The highest BCUT2D eigenvalue weighted by atomic mass is 35.5. The Kier molecular flexibility index (Phi) is 4.42. The van der Waals surface area contributed by atoms with Crippen LogP contribution in [-0.4, -0.2) is 0 Å². The summed E-state index contributed by atoms with van der Waals surface area (Å²) in [7, 11) is 0. The fourth-order valence-electron chi connectivity index (χ4n) is 1.78. The lowest BCUT2D eigenvalue weighted by atomic mass is 9.98. The normalized spacial score (nSPS) is 11.6. The second kappa shape index (κ2) is 5.62. The number of rotatable bonds is 2. The van der Waals surface area contributed by atoms with Crippen LogP contribution in [0.15, 0.2) is 42.5 Å². The molecule has 2 aromatic carbocycles. The van der Waals surface area contributed by atoms with Gasteiger partial charge in [0.15, 0.2) is 0 Å². The van der Waals surface area contributed by atoms with Gasteiger partial charge >= 0.3 is 0 Å². The minimum atomic E-state index is -0.249.